The average molecular weight is 289 g/mol. The summed E-state index contributed by atoms with van der Waals surface area (Å²) in [4.78, 5) is 0. The lowest BCUT2D eigenvalue weighted by Gasteiger charge is -2.30. The SMILES string of the molecule is C[Si](C)(C)OC1(C#N)CCC(OCc2ccccc2)C1. The fourth-order valence-electron chi connectivity index (χ4n) is 2.70. The van der Waals surface area contributed by atoms with Gasteiger partial charge in [0.05, 0.1) is 18.8 Å². The van der Waals surface area contributed by atoms with E-state index in [4.69, 9.17) is 9.16 Å². The van der Waals surface area contributed by atoms with Crippen molar-refractivity contribution in [3.05, 3.63) is 35.9 Å². The average Bonchev–Trinajstić information content (AvgIpc) is 2.79. The predicted molar refractivity (Wildman–Crippen MR) is 81.6 cm³/mol. The van der Waals surface area contributed by atoms with Crippen molar-refractivity contribution in [1.82, 2.24) is 0 Å². The van der Waals surface area contributed by atoms with Crippen molar-refractivity contribution >= 4 is 8.32 Å². The molecule has 0 aliphatic heterocycles. The summed E-state index contributed by atoms with van der Waals surface area (Å²) in [6, 6.07) is 12.5. The molecule has 20 heavy (non-hydrogen) atoms. The van der Waals surface area contributed by atoms with Crippen LogP contribution in [0.25, 0.3) is 0 Å². The van der Waals surface area contributed by atoms with Crippen molar-refractivity contribution in [3.8, 4) is 6.07 Å². The van der Waals surface area contributed by atoms with Crippen molar-refractivity contribution in [2.24, 2.45) is 0 Å². The van der Waals surface area contributed by atoms with Gasteiger partial charge in [-0.1, -0.05) is 30.3 Å². The number of benzene rings is 1. The summed E-state index contributed by atoms with van der Waals surface area (Å²) in [6.45, 7) is 7.00. The Morgan fingerprint density at radius 3 is 2.60 bits per heavy atom. The molecule has 0 aromatic heterocycles. The van der Waals surface area contributed by atoms with Gasteiger partial charge >= 0.3 is 0 Å². The van der Waals surface area contributed by atoms with Crippen molar-refractivity contribution < 1.29 is 9.16 Å². The fraction of sp³-hybridized carbons (Fsp3) is 0.562. The van der Waals surface area contributed by atoms with Gasteiger partial charge in [0, 0.05) is 6.42 Å². The van der Waals surface area contributed by atoms with Crippen LogP contribution in [-0.4, -0.2) is 20.0 Å². The van der Waals surface area contributed by atoms with E-state index in [0.29, 0.717) is 13.0 Å². The van der Waals surface area contributed by atoms with Crippen molar-refractivity contribution in [2.45, 2.75) is 57.2 Å². The summed E-state index contributed by atoms with van der Waals surface area (Å²) in [6.07, 6.45) is 2.52. The van der Waals surface area contributed by atoms with Crippen LogP contribution in [0.2, 0.25) is 19.6 Å². The van der Waals surface area contributed by atoms with Gasteiger partial charge < -0.3 is 9.16 Å². The van der Waals surface area contributed by atoms with Gasteiger partial charge in [-0.05, 0) is 38.0 Å². The molecule has 1 aliphatic carbocycles. The number of nitriles is 1. The lowest BCUT2D eigenvalue weighted by molar-refractivity contribution is 0.0277. The number of ether oxygens (including phenoxy) is 1. The highest BCUT2D eigenvalue weighted by Crippen LogP contribution is 2.37. The Hall–Kier alpha value is -1.15. The Morgan fingerprint density at radius 2 is 2.00 bits per heavy atom. The summed E-state index contributed by atoms with van der Waals surface area (Å²) in [5, 5.41) is 9.47. The molecule has 1 fully saturated rings. The molecule has 1 aromatic carbocycles. The second-order valence-corrected chi connectivity index (χ2v) is 10.9. The van der Waals surface area contributed by atoms with Gasteiger partial charge in [-0.2, -0.15) is 5.26 Å². The van der Waals surface area contributed by atoms with Gasteiger partial charge in [-0.15, -0.1) is 0 Å². The summed E-state index contributed by atoms with van der Waals surface area (Å²) < 4.78 is 12.1. The zero-order valence-corrected chi connectivity index (χ0v) is 13.6. The minimum absolute atomic E-state index is 0.131. The van der Waals surface area contributed by atoms with Crippen LogP contribution in [0.5, 0.6) is 0 Å². The molecule has 3 nitrogen and oxygen atoms in total. The van der Waals surface area contributed by atoms with Crippen LogP contribution in [0.4, 0.5) is 0 Å². The molecule has 0 heterocycles. The summed E-state index contributed by atoms with van der Waals surface area (Å²) >= 11 is 0. The van der Waals surface area contributed by atoms with Crippen LogP contribution >= 0.6 is 0 Å². The number of rotatable bonds is 5. The van der Waals surface area contributed by atoms with E-state index >= 15 is 0 Å². The van der Waals surface area contributed by atoms with Crippen LogP contribution in [0, 0.1) is 11.3 Å². The molecule has 0 bridgehead atoms. The van der Waals surface area contributed by atoms with Crippen LogP contribution in [0.3, 0.4) is 0 Å². The van der Waals surface area contributed by atoms with Crippen molar-refractivity contribution in [1.29, 1.82) is 5.26 Å². The first-order valence-electron chi connectivity index (χ1n) is 7.19. The largest absolute Gasteiger partial charge is 0.400 e. The second-order valence-electron chi connectivity index (χ2n) is 6.48. The number of nitrogens with zero attached hydrogens (tertiary/aromatic N) is 1. The van der Waals surface area contributed by atoms with Gasteiger partial charge in [0.1, 0.15) is 5.60 Å². The molecule has 0 radical (unpaired) electrons. The van der Waals surface area contributed by atoms with Gasteiger partial charge in [-0.3, -0.25) is 0 Å². The highest BCUT2D eigenvalue weighted by atomic mass is 28.4. The zero-order valence-electron chi connectivity index (χ0n) is 12.6. The molecule has 0 saturated heterocycles. The van der Waals surface area contributed by atoms with E-state index < -0.39 is 13.9 Å². The van der Waals surface area contributed by atoms with E-state index in [0.717, 1.165) is 12.8 Å². The Labute approximate surface area is 122 Å². The molecule has 1 aliphatic rings. The van der Waals surface area contributed by atoms with E-state index in [1.165, 1.54) is 5.56 Å². The molecule has 4 heteroatoms. The first-order valence-corrected chi connectivity index (χ1v) is 10.6. The molecule has 0 spiro atoms. The highest BCUT2D eigenvalue weighted by Gasteiger charge is 2.43. The first kappa shape index (κ1) is 15.2. The lowest BCUT2D eigenvalue weighted by atomic mass is 10.1. The maximum atomic E-state index is 9.47. The maximum Gasteiger partial charge on any atom is 0.185 e. The topological polar surface area (TPSA) is 42.2 Å². The highest BCUT2D eigenvalue weighted by molar-refractivity contribution is 6.69. The third-order valence-electron chi connectivity index (χ3n) is 3.46. The van der Waals surface area contributed by atoms with Crippen molar-refractivity contribution in [3.63, 3.8) is 0 Å². The van der Waals surface area contributed by atoms with Gasteiger partial charge in [0.2, 0.25) is 0 Å². The normalized spacial score (nSPS) is 26.4. The van der Waals surface area contributed by atoms with E-state index in [2.05, 4.69) is 37.8 Å². The molecular weight excluding hydrogens is 266 g/mol. The maximum absolute atomic E-state index is 9.47. The predicted octanol–water partition coefficient (Wildman–Crippen LogP) is 3.87. The fourth-order valence-corrected chi connectivity index (χ4v) is 4.10. The minimum Gasteiger partial charge on any atom is -0.400 e. The van der Waals surface area contributed by atoms with E-state index in [-0.39, 0.29) is 6.10 Å². The minimum atomic E-state index is -1.71. The molecular formula is C16H23NO2Si. The Kier molecular flexibility index (Phi) is 4.64. The number of hydrogen-bond acceptors (Lipinski definition) is 3. The number of hydrogen-bond donors (Lipinski definition) is 0. The smallest absolute Gasteiger partial charge is 0.185 e. The third-order valence-corrected chi connectivity index (χ3v) is 4.46. The second kappa shape index (κ2) is 6.09. The van der Waals surface area contributed by atoms with Crippen molar-refractivity contribution in [2.75, 3.05) is 0 Å². The first-order chi connectivity index (χ1) is 9.42. The van der Waals surface area contributed by atoms with Crippen LogP contribution in [-0.2, 0) is 15.8 Å². The molecule has 0 N–H and O–H groups in total. The summed E-state index contributed by atoms with van der Waals surface area (Å²) in [7, 11) is -1.71. The van der Waals surface area contributed by atoms with Gasteiger partial charge in [-0.25, -0.2) is 0 Å². The molecule has 108 valence electrons. The molecule has 2 atom stereocenters. The molecule has 2 unspecified atom stereocenters. The van der Waals surface area contributed by atoms with Crippen LogP contribution < -0.4 is 0 Å². The Balaban J connectivity index is 1.90. The standard InChI is InChI=1S/C16H23NO2Si/c1-20(2,3)19-16(13-17)10-9-15(11-16)18-12-14-7-5-4-6-8-14/h4-8,15H,9-12H2,1-3H3. The molecule has 1 saturated carbocycles. The van der Waals surface area contributed by atoms with E-state index in [1.54, 1.807) is 0 Å². The van der Waals surface area contributed by atoms with Gasteiger partial charge in [0.25, 0.3) is 0 Å². The van der Waals surface area contributed by atoms with E-state index in [9.17, 15) is 5.26 Å². The third kappa shape index (κ3) is 4.17. The molecule has 0 amide bonds. The quantitative estimate of drug-likeness (QED) is 0.773. The van der Waals surface area contributed by atoms with E-state index in [1.807, 2.05) is 18.2 Å². The Morgan fingerprint density at radius 1 is 1.30 bits per heavy atom. The molecule has 1 aromatic rings. The van der Waals surface area contributed by atoms with Crippen LogP contribution in [0.1, 0.15) is 24.8 Å². The zero-order chi connectivity index (χ0) is 14.6. The van der Waals surface area contributed by atoms with Gasteiger partial charge in [0.15, 0.2) is 8.32 Å². The van der Waals surface area contributed by atoms with Crippen LogP contribution in [0.15, 0.2) is 30.3 Å². The monoisotopic (exact) mass is 289 g/mol. The Bertz CT molecular complexity index is 477. The summed E-state index contributed by atoms with van der Waals surface area (Å²) in [5.41, 5.74) is 0.555. The summed E-state index contributed by atoms with van der Waals surface area (Å²) in [5.74, 6) is 0. The molecule has 2 rings (SSSR count). The lowest BCUT2D eigenvalue weighted by Crippen LogP contribution is -2.40.